The van der Waals surface area contributed by atoms with Crippen molar-refractivity contribution in [3.8, 4) is 5.75 Å². The summed E-state index contributed by atoms with van der Waals surface area (Å²) in [6.45, 7) is 2.67. The van der Waals surface area contributed by atoms with Gasteiger partial charge in [-0.1, -0.05) is 0 Å². The lowest BCUT2D eigenvalue weighted by Gasteiger charge is -2.29. The molecule has 0 unspecified atom stereocenters. The highest BCUT2D eigenvalue weighted by Crippen LogP contribution is 2.28. The third kappa shape index (κ3) is 4.11. The molecule has 2 rings (SSSR count). The summed E-state index contributed by atoms with van der Waals surface area (Å²) in [5, 5.41) is 6.13. The summed E-state index contributed by atoms with van der Waals surface area (Å²) < 4.78 is 32.4. The lowest BCUT2D eigenvalue weighted by atomic mass is 10.3. The lowest BCUT2D eigenvalue weighted by Crippen LogP contribution is -3.12. The zero-order chi connectivity index (χ0) is 17.0. The summed E-state index contributed by atoms with van der Waals surface area (Å²) in [7, 11) is 1.77. The van der Waals surface area contributed by atoms with Crippen LogP contribution in [0.4, 0.5) is 5.69 Å². The molecule has 0 spiro atoms. The third-order valence-corrected chi connectivity index (χ3v) is 6.06. The van der Waals surface area contributed by atoms with Crippen molar-refractivity contribution in [3.63, 3.8) is 0 Å². The van der Waals surface area contributed by atoms with Gasteiger partial charge in [-0.25, -0.2) is 8.42 Å². The van der Waals surface area contributed by atoms with Gasteiger partial charge in [0.15, 0.2) is 5.11 Å². The molecule has 0 amide bonds. The van der Waals surface area contributed by atoms with Crippen molar-refractivity contribution < 1.29 is 18.1 Å². The Morgan fingerprint density at radius 3 is 2.57 bits per heavy atom. The number of nitrogens with zero attached hydrogens (tertiary/aromatic N) is 1. The van der Waals surface area contributed by atoms with E-state index >= 15 is 0 Å². The zero-order valence-corrected chi connectivity index (χ0v) is 15.2. The number of quaternary nitrogens is 1. The van der Waals surface area contributed by atoms with Gasteiger partial charge in [0.1, 0.15) is 5.75 Å². The fraction of sp³-hybridized carbons (Fsp3) is 0.500. The normalized spacial score (nSPS) is 16.8. The molecule has 3 N–H and O–H groups in total. The number of hydrogen-bond donors (Lipinski definition) is 3. The second-order valence-electron chi connectivity index (χ2n) is 5.43. The Bertz CT molecular complexity index is 671. The molecule has 7 nitrogen and oxygen atoms in total. The summed E-state index contributed by atoms with van der Waals surface area (Å²) in [6.07, 6.45) is 0. The number of methoxy groups -OCH3 is 1. The predicted octanol–water partition coefficient (Wildman–Crippen LogP) is -0.870. The average Bonchev–Trinajstić information content (AvgIpc) is 2.55. The van der Waals surface area contributed by atoms with Gasteiger partial charge in [0.05, 0.1) is 50.9 Å². The van der Waals surface area contributed by atoms with Crippen molar-refractivity contribution in [2.24, 2.45) is 0 Å². The van der Waals surface area contributed by atoms with Crippen LogP contribution in [0.5, 0.6) is 5.75 Å². The fourth-order valence-electron chi connectivity index (χ4n) is 2.39. The molecule has 1 heterocycles. The highest BCUT2D eigenvalue weighted by Gasteiger charge is 2.29. The van der Waals surface area contributed by atoms with Crippen molar-refractivity contribution in [1.82, 2.24) is 9.62 Å². The number of benzene rings is 1. The summed E-state index contributed by atoms with van der Waals surface area (Å²) in [5.41, 5.74) is 0.521. The first-order valence-electron chi connectivity index (χ1n) is 7.36. The Hall–Kier alpha value is -1.42. The molecule has 1 fully saturated rings. The second kappa shape index (κ2) is 7.43. The van der Waals surface area contributed by atoms with Crippen molar-refractivity contribution in [1.29, 1.82) is 0 Å². The molecule has 1 aliphatic heterocycles. The van der Waals surface area contributed by atoms with Gasteiger partial charge in [0.25, 0.3) is 0 Å². The molecule has 0 atom stereocenters. The van der Waals surface area contributed by atoms with Crippen LogP contribution < -0.4 is 20.3 Å². The predicted molar refractivity (Wildman–Crippen MR) is 93.7 cm³/mol. The summed E-state index contributed by atoms with van der Waals surface area (Å²) in [4.78, 5) is 1.58. The molecule has 0 aromatic heterocycles. The minimum atomic E-state index is -3.51. The molecule has 1 aromatic carbocycles. The van der Waals surface area contributed by atoms with Crippen LogP contribution in [-0.4, -0.2) is 65.2 Å². The van der Waals surface area contributed by atoms with Gasteiger partial charge in [-0.15, -0.1) is 0 Å². The number of nitrogens with one attached hydrogen (secondary N) is 3. The van der Waals surface area contributed by atoms with Gasteiger partial charge >= 0.3 is 0 Å². The standard InChI is InChI=1S/C14H22N4O3S2/c1-15-14(22)16-12-10-11(4-5-13(12)21-3)23(19,20)18-8-6-17(2)7-9-18/h4-5,10H,6-9H2,1-3H3,(H2,15,16,22)/p+1. The number of sulfonamides is 1. The Morgan fingerprint density at radius 1 is 1.35 bits per heavy atom. The molecule has 9 heteroatoms. The van der Waals surface area contributed by atoms with E-state index in [-0.39, 0.29) is 4.90 Å². The molecule has 0 bridgehead atoms. The Morgan fingerprint density at radius 2 is 2.00 bits per heavy atom. The first kappa shape index (κ1) is 17.9. The number of anilines is 1. The van der Waals surface area contributed by atoms with Gasteiger partial charge in [-0.2, -0.15) is 4.31 Å². The second-order valence-corrected chi connectivity index (χ2v) is 7.77. The van der Waals surface area contributed by atoms with Crippen molar-refractivity contribution in [2.75, 3.05) is 52.7 Å². The van der Waals surface area contributed by atoms with Gasteiger partial charge in [0, 0.05) is 7.05 Å². The molecule has 1 saturated heterocycles. The van der Waals surface area contributed by atoms with Crippen LogP contribution in [0.2, 0.25) is 0 Å². The van der Waals surface area contributed by atoms with Crippen LogP contribution in [0.1, 0.15) is 0 Å². The molecular formula is C14H23N4O3S2+. The summed E-state index contributed by atoms with van der Waals surface area (Å²) in [5.74, 6) is 0.532. The molecule has 0 saturated carbocycles. The van der Waals surface area contributed by atoms with E-state index in [0.717, 1.165) is 13.1 Å². The van der Waals surface area contributed by atoms with Gasteiger partial charge in [-0.3, -0.25) is 0 Å². The molecule has 0 aliphatic carbocycles. The van der Waals surface area contributed by atoms with Crippen LogP contribution in [0.25, 0.3) is 0 Å². The fourth-order valence-corrected chi connectivity index (χ4v) is 3.97. The Labute approximate surface area is 142 Å². The summed E-state index contributed by atoms with van der Waals surface area (Å²) >= 11 is 5.08. The Kier molecular flexibility index (Phi) is 5.79. The Balaban J connectivity index is 2.31. The van der Waals surface area contributed by atoms with E-state index in [0.29, 0.717) is 29.6 Å². The SMILES string of the molecule is CNC(=S)Nc1cc(S(=O)(=O)N2CC[NH+](C)CC2)ccc1OC. The first-order valence-corrected chi connectivity index (χ1v) is 9.21. The van der Waals surface area contributed by atoms with Gasteiger partial charge < -0.3 is 20.3 Å². The van der Waals surface area contributed by atoms with Crippen LogP contribution in [0.3, 0.4) is 0 Å². The van der Waals surface area contributed by atoms with Crippen molar-refractivity contribution in [3.05, 3.63) is 18.2 Å². The smallest absolute Gasteiger partial charge is 0.243 e. The van der Waals surface area contributed by atoms with E-state index in [4.69, 9.17) is 17.0 Å². The first-order chi connectivity index (χ1) is 10.9. The van der Waals surface area contributed by atoms with Gasteiger partial charge in [0.2, 0.25) is 10.0 Å². The largest absolute Gasteiger partial charge is 0.495 e. The molecule has 1 aromatic rings. The van der Waals surface area contributed by atoms with Gasteiger partial charge in [-0.05, 0) is 30.4 Å². The van der Waals surface area contributed by atoms with E-state index in [1.165, 1.54) is 16.3 Å². The maximum Gasteiger partial charge on any atom is 0.243 e. The molecule has 1 aliphatic rings. The van der Waals surface area contributed by atoms with E-state index in [1.54, 1.807) is 25.2 Å². The number of piperazine rings is 1. The average molecular weight is 359 g/mol. The number of ether oxygens (including phenoxy) is 1. The molecule has 23 heavy (non-hydrogen) atoms. The van der Waals surface area contributed by atoms with E-state index in [2.05, 4.69) is 17.7 Å². The van der Waals surface area contributed by atoms with Crippen LogP contribution >= 0.6 is 12.2 Å². The lowest BCUT2D eigenvalue weighted by molar-refractivity contribution is -0.883. The number of likely N-dealkylation sites (N-methyl/N-ethyl adjacent to an activating group) is 1. The van der Waals surface area contributed by atoms with Crippen molar-refractivity contribution >= 4 is 33.0 Å². The van der Waals surface area contributed by atoms with Crippen molar-refractivity contribution in [2.45, 2.75) is 4.90 Å². The number of thiocarbonyl (C=S) groups is 1. The maximum absolute atomic E-state index is 12.8. The van der Waals surface area contributed by atoms with E-state index < -0.39 is 10.0 Å². The minimum absolute atomic E-state index is 0.235. The zero-order valence-electron chi connectivity index (χ0n) is 13.5. The van der Waals surface area contributed by atoms with E-state index in [1.807, 2.05) is 0 Å². The maximum atomic E-state index is 12.8. The number of rotatable bonds is 4. The molecular weight excluding hydrogens is 336 g/mol. The highest BCUT2D eigenvalue weighted by molar-refractivity contribution is 7.89. The highest BCUT2D eigenvalue weighted by atomic mass is 32.2. The monoisotopic (exact) mass is 359 g/mol. The van der Waals surface area contributed by atoms with Crippen LogP contribution in [-0.2, 0) is 10.0 Å². The summed E-state index contributed by atoms with van der Waals surface area (Å²) in [6, 6.07) is 4.75. The quantitative estimate of drug-likeness (QED) is 0.607. The van der Waals surface area contributed by atoms with Crippen LogP contribution in [0, 0.1) is 0 Å². The third-order valence-electron chi connectivity index (χ3n) is 3.86. The van der Waals surface area contributed by atoms with Crippen LogP contribution in [0.15, 0.2) is 23.1 Å². The van der Waals surface area contributed by atoms with E-state index in [9.17, 15) is 8.42 Å². The minimum Gasteiger partial charge on any atom is -0.495 e. The topological polar surface area (TPSA) is 75.1 Å². The molecule has 0 radical (unpaired) electrons. The number of hydrogen-bond acceptors (Lipinski definition) is 4. The molecule has 128 valence electrons.